The average Bonchev–Trinajstić information content (AvgIpc) is 2.71. The SMILES string of the molecule is CCC(C)c1ccc(NC(=O)/C=C/c2cc(OC)c(OC)c(OC)c2)cc1. The van der Waals surface area contributed by atoms with Crippen LogP contribution in [0.25, 0.3) is 6.08 Å². The summed E-state index contributed by atoms with van der Waals surface area (Å²) in [6.07, 6.45) is 4.26. The Hall–Kier alpha value is -2.95. The molecule has 5 heteroatoms. The minimum Gasteiger partial charge on any atom is -0.493 e. The molecule has 0 saturated carbocycles. The molecule has 5 nitrogen and oxygen atoms in total. The van der Waals surface area contributed by atoms with Gasteiger partial charge >= 0.3 is 0 Å². The Kier molecular flexibility index (Phi) is 7.29. The summed E-state index contributed by atoms with van der Waals surface area (Å²) in [5.74, 6) is 1.90. The van der Waals surface area contributed by atoms with Crippen LogP contribution in [-0.2, 0) is 4.79 Å². The van der Waals surface area contributed by atoms with Crippen LogP contribution in [0.5, 0.6) is 17.2 Å². The van der Waals surface area contributed by atoms with E-state index in [1.54, 1.807) is 39.5 Å². The first-order valence-electron chi connectivity index (χ1n) is 8.91. The number of nitrogens with one attached hydrogen (secondary N) is 1. The molecule has 0 spiro atoms. The zero-order valence-electron chi connectivity index (χ0n) is 16.5. The van der Waals surface area contributed by atoms with Crippen LogP contribution in [0.3, 0.4) is 0 Å². The third kappa shape index (κ3) is 5.26. The molecule has 2 aromatic rings. The second kappa shape index (κ2) is 9.67. The van der Waals surface area contributed by atoms with E-state index in [0.29, 0.717) is 23.2 Å². The first-order chi connectivity index (χ1) is 13.0. The van der Waals surface area contributed by atoms with Crippen LogP contribution in [-0.4, -0.2) is 27.2 Å². The van der Waals surface area contributed by atoms with Crippen LogP contribution in [0.4, 0.5) is 5.69 Å². The van der Waals surface area contributed by atoms with Crippen molar-refractivity contribution in [3.63, 3.8) is 0 Å². The van der Waals surface area contributed by atoms with Crippen molar-refractivity contribution in [1.82, 2.24) is 0 Å². The molecule has 0 fully saturated rings. The summed E-state index contributed by atoms with van der Waals surface area (Å²) in [5, 5.41) is 2.86. The van der Waals surface area contributed by atoms with Gasteiger partial charge in [-0.1, -0.05) is 26.0 Å². The zero-order valence-corrected chi connectivity index (χ0v) is 16.5. The Morgan fingerprint density at radius 3 is 2.11 bits per heavy atom. The minimum absolute atomic E-state index is 0.208. The number of amides is 1. The standard InChI is InChI=1S/C22H27NO4/c1-6-15(2)17-8-10-18(11-9-17)23-21(24)12-7-16-13-19(25-3)22(27-5)20(14-16)26-4/h7-15H,6H2,1-5H3,(H,23,24)/b12-7+. The Balaban J connectivity index is 2.10. The maximum atomic E-state index is 12.2. The molecule has 0 aliphatic carbocycles. The van der Waals surface area contributed by atoms with Gasteiger partial charge in [-0.15, -0.1) is 0 Å². The number of anilines is 1. The number of hydrogen-bond donors (Lipinski definition) is 1. The van der Waals surface area contributed by atoms with Gasteiger partial charge in [0, 0.05) is 11.8 Å². The van der Waals surface area contributed by atoms with E-state index in [1.807, 2.05) is 24.3 Å². The second-order valence-corrected chi connectivity index (χ2v) is 6.21. The molecule has 1 unspecified atom stereocenters. The van der Waals surface area contributed by atoms with E-state index in [-0.39, 0.29) is 5.91 Å². The molecule has 0 aliphatic heterocycles. The highest BCUT2D eigenvalue weighted by Crippen LogP contribution is 2.38. The van der Waals surface area contributed by atoms with Crippen LogP contribution in [0, 0.1) is 0 Å². The third-order valence-electron chi connectivity index (χ3n) is 4.47. The van der Waals surface area contributed by atoms with Gasteiger partial charge in [-0.3, -0.25) is 4.79 Å². The van der Waals surface area contributed by atoms with Crippen molar-refractivity contribution in [3.05, 3.63) is 53.6 Å². The summed E-state index contributed by atoms with van der Waals surface area (Å²) in [6, 6.07) is 11.5. The fraction of sp³-hybridized carbons (Fsp3) is 0.318. The molecular weight excluding hydrogens is 342 g/mol. The van der Waals surface area contributed by atoms with Crippen LogP contribution < -0.4 is 19.5 Å². The Bertz CT molecular complexity index is 771. The van der Waals surface area contributed by atoms with Gasteiger partial charge in [0.25, 0.3) is 0 Å². The molecule has 1 N–H and O–H groups in total. The molecule has 0 aliphatic rings. The first kappa shape index (κ1) is 20.4. The van der Waals surface area contributed by atoms with Crippen molar-refractivity contribution in [1.29, 1.82) is 0 Å². The molecule has 0 bridgehead atoms. The molecule has 27 heavy (non-hydrogen) atoms. The molecular formula is C22H27NO4. The highest BCUT2D eigenvalue weighted by atomic mass is 16.5. The van der Waals surface area contributed by atoms with Crippen molar-refractivity contribution in [3.8, 4) is 17.2 Å². The molecule has 0 aromatic heterocycles. The number of methoxy groups -OCH3 is 3. The van der Waals surface area contributed by atoms with Crippen molar-refractivity contribution in [2.45, 2.75) is 26.2 Å². The number of hydrogen-bond acceptors (Lipinski definition) is 4. The van der Waals surface area contributed by atoms with Crippen LogP contribution in [0.2, 0.25) is 0 Å². The normalized spacial score (nSPS) is 11.9. The molecule has 2 rings (SSSR count). The highest BCUT2D eigenvalue weighted by molar-refractivity contribution is 6.02. The predicted molar refractivity (Wildman–Crippen MR) is 109 cm³/mol. The van der Waals surface area contributed by atoms with E-state index in [2.05, 4.69) is 19.2 Å². The lowest BCUT2D eigenvalue weighted by atomic mass is 9.99. The number of carbonyl (C=O) groups is 1. The van der Waals surface area contributed by atoms with Crippen LogP contribution in [0.15, 0.2) is 42.5 Å². The van der Waals surface area contributed by atoms with Crippen LogP contribution in [0.1, 0.15) is 37.3 Å². The first-order valence-corrected chi connectivity index (χ1v) is 8.91. The lowest BCUT2D eigenvalue weighted by Crippen LogP contribution is -2.07. The van der Waals surface area contributed by atoms with E-state index < -0.39 is 0 Å². The van der Waals surface area contributed by atoms with Crippen LogP contribution >= 0.6 is 0 Å². The third-order valence-corrected chi connectivity index (χ3v) is 4.47. The maximum Gasteiger partial charge on any atom is 0.248 e. The van der Waals surface area contributed by atoms with Crippen molar-refractivity contribution >= 4 is 17.7 Å². The summed E-state index contributed by atoms with van der Waals surface area (Å²) in [5.41, 5.74) is 2.80. The molecule has 0 heterocycles. The van der Waals surface area contributed by atoms with E-state index >= 15 is 0 Å². The van der Waals surface area contributed by atoms with E-state index in [4.69, 9.17) is 14.2 Å². The highest BCUT2D eigenvalue weighted by Gasteiger charge is 2.12. The summed E-state index contributed by atoms with van der Waals surface area (Å²) >= 11 is 0. The van der Waals surface area contributed by atoms with Gasteiger partial charge in [-0.25, -0.2) is 0 Å². The summed E-state index contributed by atoms with van der Waals surface area (Å²) in [4.78, 5) is 12.2. The largest absolute Gasteiger partial charge is 0.493 e. The minimum atomic E-state index is -0.208. The zero-order chi connectivity index (χ0) is 19.8. The molecule has 144 valence electrons. The monoisotopic (exact) mass is 369 g/mol. The lowest BCUT2D eigenvalue weighted by Gasteiger charge is -2.12. The molecule has 0 radical (unpaired) electrons. The van der Waals surface area contributed by atoms with E-state index in [0.717, 1.165) is 17.7 Å². The Morgan fingerprint density at radius 2 is 1.63 bits per heavy atom. The smallest absolute Gasteiger partial charge is 0.248 e. The Morgan fingerprint density at radius 1 is 1.04 bits per heavy atom. The molecule has 1 atom stereocenters. The van der Waals surface area contributed by atoms with E-state index in [1.165, 1.54) is 11.6 Å². The fourth-order valence-corrected chi connectivity index (χ4v) is 2.68. The summed E-state index contributed by atoms with van der Waals surface area (Å²) in [7, 11) is 4.66. The predicted octanol–water partition coefficient (Wildman–Crippen LogP) is 4.88. The van der Waals surface area contributed by atoms with Gasteiger partial charge in [0.15, 0.2) is 11.5 Å². The quantitative estimate of drug-likeness (QED) is 0.674. The van der Waals surface area contributed by atoms with Gasteiger partial charge in [0.2, 0.25) is 11.7 Å². The number of ether oxygens (including phenoxy) is 3. The van der Waals surface area contributed by atoms with E-state index in [9.17, 15) is 4.79 Å². The van der Waals surface area contributed by atoms with Crippen molar-refractivity contribution < 1.29 is 19.0 Å². The molecule has 2 aromatic carbocycles. The number of benzene rings is 2. The fourth-order valence-electron chi connectivity index (χ4n) is 2.68. The van der Waals surface area contributed by atoms with Crippen molar-refractivity contribution in [2.24, 2.45) is 0 Å². The average molecular weight is 369 g/mol. The Labute approximate surface area is 161 Å². The number of carbonyl (C=O) groups excluding carboxylic acids is 1. The topological polar surface area (TPSA) is 56.8 Å². The maximum absolute atomic E-state index is 12.2. The molecule has 0 saturated heterocycles. The second-order valence-electron chi connectivity index (χ2n) is 6.21. The van der Waals surface area contributed by atoms with Crippen molar-refractivity contribution in [2.75, 3.05) is 26.6 Å². The summed E-state index contributed by atoms with van der Waals surface area (Å²) < 4.78 is 15.9. The van der Waals surface area contributed by atoms with Gasteiger partial charge in [-0.2, -0.15) is 0 Å². The summed E-state index contributed by atoms with van der Waals surface area (Å²) in [6.45, 7) is 4.35. The van der Waals surface area contributed by atoms with Gasteiger partial charge < -0.3 is 19.5 Å². The lowest BCUT2D eigenvalue weighted by molar-refractivity contribution is -0.111. The molecule has 1 amide bonds. The van der Waals surface area contributed by atoms with Gasteiger partial charge in [-0.05, 0) is 53.8 Å². The van der Waals surface area contributed by atoms with Gasteiger partial charge in [0.1, 0.15) is 0 Å². The van der Waals surface area contributed by atoms with Gasteiger partial charge in [0.05, 0.1) is 21.3 Å². The number of rotatable bonds is 8.